The van der Waals surface area contributed by atoms with Gasteiger partial charge in [-0.1, -0.05) is 12.1 Å². The van der Waals surface area contributed by atoms with Crippen molar-refractivity contribution in [3.8, 4) is 0 Å². The van der Waals surface area contributed by atoms with Crippen LogP contribution in [0.1, 0.15) is 12.5 Å². The van der Waals surface area contributed by atoms with E-state index in [2.05, 4.69) is 20.2 Å². The number of sulfonamides is 1. The van der Waals surface area contributed by atoms with Gasteiger partial charge in [-0.2, -0.15) is 5.10 Å². The smallest absolute Gasteiger partial charge is 0.261 e. The number of nitrogens with one attached hydrogen (secondary N) is 3. The van der Waals surface area contributed by atoms with Crippen molar-refractivity contribution in [2.24, 2.45) is 0 Å². The number of aromatic amines is 1. The van der Waals surface area contributed by atoms with E-state index in [1.807, 2.05) is 0 Å². The van der Waals surface area contributed by atoms with Gasteiger partial charge in [-0.25, -0.2) is 8.42 Å². The molecule has 2 aromatic rings. The predicted octanol–water partition coefficient (Wildman–Crippen LogP) is 0.847. The molecule has 0 aliphatic carbocycles. The Morgan fingerprint density at radius 2 is 2.00 bits per heavy atom. The second kappa shape index (κ2) is 5.74. The van der Waals surface area contributed by atoms with Crippen LogP contribution in [0.3, 0.4) is 0 Å². The molecule has 2 rings (SSSR count). The molecule has 1 aromatic heterocycles. The Hall–Kier alpha value is -2.35. The number of carbonyl (C=O) groups excluding carboxylic acids is 1. The molecule has 0 fully saturated rings. The summed E-state index contributed by atoms with van der Waals surface area (Å²) in [5, 5.41) is 8.83. The molecule has 1 aromatic carbocycles. The van der Waals surface area contributed by atoms with Crippen molar-refractivity contribution < 1.29 is 13.2 Å². The summed E-state index contributed by atoms with van der Waals surface area (Å²) in [5.74, 6) is -0.136. The van der Waals surface area contributed by atoms with E-state index in [9.17, 15) is 13.2 Å². The number of nitrogens with zero attached hydrogens (tertiary/aromatic N) is 1. The SMILES string of the molecule is CC(=O)NCc1ccc(S(=O)(=O)Nc2cn[nH]c2)cc1. The summed E-state index contributed by atoms with van der Waals surface area (Å²) in [6, 6.07) is 6.28. The topological polar surface area (TPSA) is 104 Å². The van der Waals surface area contributed by atoms with E-state index < -0.39 is 10.0 Å². The molecule has 1 heterocycles. The largest absolute Gasteiger partial charge is 0.352 e. The van der Waals surface area contributed by atoms with E-state index in [0.717, 1.165) is 5.56 Å². The van der Waals surface area contributed by atoms with Gasteiger partial charge in [0.05, 0.1) is 16.8 Å². The van der Waals surface area contributed by atoms with Crippen LogP contribution in [0.5, 0.6) is 0 Å². The molecule has 0 spiro atoms. The van der Waals surface area contributed by atoms with E-state index in [1.54, 1.807) is 12.1 Å². The van der Waals surface area contributed by atoms with Gasteiger partial charge >= 0.3 is 0 Å². The summed E-state index contributed by atoms with van der Waals surface area (Å²) in [5.41, 5.74) is 1.19. The zero-order valence-electron chi connectivity index (χ0n) is 10.8. The Balaban J connectivity index is 2.10. The first-order valence-corrected chi connectivity index (χ1v) is 7.31. The highest BCUT2D eigenvalue weighted by molar-refractivity contribution is 7.92. The summed E-state index contributed by atoms with van der Waals surface area (Å²) < 4.78 is 26.5. The lowest BCUT2D eigenvalue weighted by atomic mass is 10.2. The first-order valence-electron chi connectivity index (χ1n) is 5.82. The minimum atomic E-state index is -3.63. The van der Waals surface area contributed by atoms with E-state index in [1.165, 1.54) is 31.5 Å². The van der Waals surface area contributed by atoms with Gasteiger partial charge in [0, 0.05) is 19.7 Å². The molecule has 0 atom stereocenters. The maximum atomic E-state index is 12.1. The fraction of sp³-hybridized carbons (Fsp3) is 0.167. The second-order valence-electron chi connectivity index (χ2n) is 4.15. The lowest BCUT2D eigenvalue weighted by Gasteiger charge is -2.07. The monoisotopic (exact) mass is 294 g/mol. The molecule has 7 nitrogen and oxygen atoms in total. The molecule has 0 saturated heterocycles. The molecular weight excluding hydrogens is 280 g/mol. The third kappa shape index (κ3) is 3.58. The third-order valence-electron chi connectivity index (χ3n) is 2.53. The minimum Gasteiger partial charge on any atom is -0.352 e. The molecule has 0 radical (unpaired) electrons. The van der Waals surface area contributed by atoms with E-state index in [0.29, 0.717) is 12.2 Å². The minimum absolute atomic E-state index is 0.136. The maximum absolute atomic E-state index is 12.1. The Labute approximate surface area is 116 Å². The average Bonchev–Trinajstić information content (AvgIpc) is 2.89. The molecule has 3 N–H and O–H groups in total. The van der Waals surface area contributed by atoms with Gasteiger partial charge in [-0.15, -0.1) is 0 Å². The Kier molecular flexibility index (Phi) is 4.04. The summed E-state index contributed by atoms with van der Waals surface area (Å²) in [6.45, 7) is 1.79. The van der Waals surface area contributed by atoms with Gasteiger partial charge in [-0.05, 0) is 17.7 Å². The lowest BCUT2D eigenvalue weighted by molar-refractivity contribution is -0.119. The van der Waals surface area contributed by atoms with Crippen molar-refractivity contribution in [2.45, 2.75) is 18.4 Å². The number of hydrogen-bond donors (Lipinski definition) is 3. The molecular formula is C12H14N4O3S. The molecule has 0 aliphatic rings. The zero-order chi connectivity index (χ0) is 14.6. The molecule has 0 bridgehead atoms. The van der Waals surface area contributed by atoms with Crippen LogP contribution in [0.25, 0.3) is 0 Å². The number of aromatic nitrogens is 2. The lowest BCUT2D eigenvalue weighted by Crippen LogP contribution is -2.19. The van der Waals surface area contributed by atoms with Crippen molar-refractivity contribution in [2.75, 3.05) is 4.72 Å². The number of amides is 1. The number of rotatable bonds is 5. The highest BCUT2D eigenvalue weighted by atomic mass is 32.2. The quantitative estimate of drug-likeness (QED) is 0.760. The van der Waals surface area contributed by atoms with Crippen LogP contribution in [0.15, 0.2) is 41.6 Å². The van der Waals surface area contributed by atoms with Crippen LogP contribution in [-0.4, -0.2) is 24.5 Å². The summed E-state index contributed by atoms with van der Waals surface area (Å²) >= 11 is 0. The number of hydrogen-bond acceptors (Lipinski definition) is 4. The van der Waals surface area contributed by atoms with Crippen molar-refractivity contribution in [3.63, 3.8) is 0 Å². The fourth-order valence-corrected chi connectivity index (χ4v) is 2.57. The Morgan fingerprint density at radius 1 is 1.30 bits per heavy atom. The van der Waals surface area contributed by atoms with Crippen LogP contribution >= 0.6 is 0 Å². The molecule has 20 heavy (non-hydrogen) atoms. The highest BCUT2D eigenvalue weighted by Gasteiger charge is 2.14. The Bertz CT molecular complexity index is 678. The molecule has 0 unspecified atom stereocenters. The van der Waals surface area contributed by atoms with Crippen LogP contribution in [0.2, 0.25) is 0 Å². The van der Waals surface area contributed by atoms with Crippen LogP contribution in [0, 0.1) is 0 Å². The first kappa shape index (κ1) is 14.1. The van der Waals surface area contributed by atoms with Gasteiger partial charge in [0.1, 0.15) is 0 Å². The predicted molar refractivity (Wildman–Crippen MR) is 73.4 cm³/mol. The third-order valence-corrected chi connectivity index (χ3v) is 3.92. The summed E-state index contributed by atoms with van der Waals surface area (Å²) in [4.78, 5) is 10.9. The Morgan fingerprint density at radius 3 is 2.55 bits per heavy atom. The van der Waals surface area contributed by atoms with Crippen molar-refractivity contribution >= 4 is 21.6 Å². The van der Waals surface area contributed by atoms with E-state index in [4.69, 9.17) is 0 Å². The zero-order valence-corrected chi connectivity index (χ0v) is 11.6. The van der Waals surface area contributed by atoms with Gasteiger partial charge in [0.15, 0.2) is 0 Å². The number of anilines is 1. The van der Waals surface area contributed by atoms with Crippen molar-refractivity contribution in [1.29, 1.82) is 0 Å². The van der Waals surface area contributed by atoms with Gasteiger partial charge in [-0.3, -0.25) is 14.6 Å². The first-order chi connectivity index (χ1) is 9.47. The van der Waals surface area contributed by atoms with Gasteiger partial charge < -0.3 is 5.32 Å². The number of benzene rings is 1. The number of carbonyl (C=O) groups is 1. The van der Waals surface area contributed by atoms with Crippen LogP contribution in [0.4, 0.5) is 5.69 Å². The van der Waals surface area contributed by atoms with Crippen molar-refractivity contribution in [1.82, 2.24) is 15.5 Å². The number of H-pyrrole nitrogens is 1. The second-order valence-corrected chi connectivity index (χ2v) is 5.83. The molecule has 0 saturated carbocycles. The van der Waals surface area contributed by atoms with Crippen LogP contribution in [-0.2, 0) is 21.4 Å². The normalized spacial score (nSPS) is 11.1. The van der Waals surface area contributed by atoms with E-state index in [-0.39, 0.29) is 10.8 Å². The highest BCUT2D eigenvalue weighted by Crippen LogP contribution is 2.15. The standard InChI is InChI=1S/C12H14N4O3S/c1-9(17)13-6-10-2-4-12(5-3-10)20(18,19)16-11-7-14-15-8-11/h2-5,7-8,16H,6H2,1H3,(H,13,17)(H,14,15). The molecule has 0 aliphatic heterocycles. The maximum Gasteiger partial charge on any atom is 0.261 e. The van der Waals surface area contributed by atoms with Gasteiger partial charge in [0.2, 0.25) is 5.91 Å². The molecule has 106 valence electrons. The summed E-state index contributed by atoms with van der Waals surface area (Å²) in [7, 11) is -3.63. The van der Waals surface area contributed by atoms with Crippen LogP contribution < -0.4 is 10.0 Å². The van der Waals surface area contributed by atoms with Crippen molar-refractivity contribution in [3.05, 3.63) is 42.2 Å². The fourth-order valence-electron chi connectivity index (χ4n) is 1.53. The summed E-state index contributed by atoms with van der Waals surface area (Å²) in [6.07, 6.45) is 2.82. The van der Waals surface area contributed by atoms with E-state index >= 15 is 0 Å². The molecule has 8 heteroatoms. The molecule has 1 amide bonds. The average molecular weight is 294 g/mol. The van der Waals surface area contributed by atoms with Gasteiger partial charge in [0.25, 0.3) is 10.0 Å².